The summed E-state index contributed by atoms with van der Waals surface area (Å²) in [5.74, 6) is 3.73. The van der Waals surface area contributed by atoms with Crippen molar-refractivity contribution in [3.05, 3.63) is 58.3 Å². The van der Waals surface area contributed by atoms with Crippen molar-refractivity contribution in [1.29, 1.82) is 0 Å². The van der Waals surface area contributed by atoms with Crippen LogP contribution in [0.5, 0.6) is 11.5 Å². The summed E-state index contributed by atoms with van der Waals surface area (Å²) in [5.41, 5.74) is 3.10. The van der Waals surface area contributed by atoms with Gasteiger partial charge in [-0.15, -0.1) is 0 Å². The number of aryl methyl sites for hydroxylation is 1. The second-order valence-electron chi connectivity index (χ2n) is 7.12. The third kappa shape index (κ3) is 2.42. The lowest BCUT2D eigenvalue weighted by Crippen LogP contribution is -2.20. The van der Waals surface area contributed by atoms with Crippen molar-refractivity contribution >= 4 is 0 Å². The van der Waals surface area contributed by atoms with Crippen molar-refractivity contribution in [2.75, 3.05) is 13.2 Å². The maximum absolute atomic E-state index is 10.2. The minimum atomic E-state index is -0.00403. The van der Waals surface area contributed by atoms with Crippen LogP contribution in [0.25, 0.3) is 0 Å². The number of benzene rings is 1. The number of hydrogen-bond donors (Lipinski definition) is 1. The molecule has 136 valence electrons. The molecule has 1 N–H and O–H groups in total. The summed E-state index contributed by atoms with van der Waals surface area (Å²) in [5, 5.41) is 10.2. The normalized spacial score (nSPS) is 28.9. The highest BCUT2D eigenvalue weighted by Gasteiger charge is 2.50. The fraction of sp³-hybridized carbons (Fsp3) is 0.429. The quantitative estimate of drug-likeness (QED) is 0.817. The van der Waals surface area contributed by atoms with Gasteiger partial charge >= 0.3 is 0 Å². The third-order valence-corrected chi connectivity index (χ3v) is 5.54. The maximum atomic E-state index is 10.2. The number of rotatable bonds is 2. The molecule has 26 heavy (non-hydrogen) atoms. The van der Waals surface area contributed by atoms with E-state index in [2.05, 4.69) is 6.08 Å². The fourth-order valence-electron chi connectivity index (χ4n) is 4.16. The Morgan fingerprint density at radius 3 is 2.85 bits per heavy atom. The Bertz CT molecular complexity index is 863. The Morgan fingerprint density at radius 2 is 2.00 bits per heavy atom. The minimum absolute atomic E-state index is 0.00403. The molecule has 1 aromatic carbocycles. The van der Waals surface area contributed by atoms with Gasteiger partial charge in [0.2, 0.25) is 0 Å². The Hall–Kier alpha value is -2.40. The van der Waals surface area contributed by atoms with E-state index < -0.39 is 0 Å². The van der Waals surface area contributed by atoms with Gasteiger partial charge in [-0.25, -0.2) is 0 Å². The highest BCUT2D eigenvalue weighted by molar-refractivity contribution is 5.52. The van der Waals surface area contributed by atoms with Crippen LogP contribution >= 0.6 is 0 Å². The molecule has 3 unspecified atom stereocenters. The number of epoxide rings is 1. The van der Waals surface area contributed by atoms with Gasteiger partial charge in [-0.05, 0) is 31.1 Å². The van der Waals surface area contributed by atoms with E-state index in [-0.39, 0.29) is 23.9 Å². The molecule has 0 bridgehead atoms. The molecule has 0 radical (unpaired) electrons. The van der Waals surface area contributed by atoms with E-state index in [1.807, 2.05) is 26.0 Å². The molecule has 5 nitrogen and oxygen atoms in total. The van der Waals surface area contributed by atoms with Gasteiger partial charge in [0.1, 0.15) is 48.4 Å². The molecule has 1 saturated heterocycles. The molecular weight excluding hydrogens is 332 g/mol. The van der Waals surface area contributed by atoms with Crippen LogP contribution in [-0.4, -0.2) is 24.4 Å². The lowest BCUT2D eigenvalue weighted by Gasteiger charge is -2.27. The summed E-state index contributed by atoms with van der Waals surface area (Å²) in [6.07, 6.45) is 5.70. The van der Waals surface area contributed by atoms with Crippen molar-refractivity contribution < 1.29 is 24.1 Å². The number of hydrogen-bond acceptors (Lipinski definition) is 5. The van der Waals surface area contributed by atoms with Crippen LogP contribution in [0.1, 0.15) is 37.5 Å². The predicted molar refractivity (Wildman–Crippen MR) is 94.6 cm³/mol. The molecule has 1 aliphatic carbocycles. The third-order valence-electron chi connectivity index (χ3n) is 5.54. The average Bonchev–Trinajstić information content (AvgIpc) is 3.42. The van der Waals surface area contributed by atoms with Gasteiger partial charge in [-0.1, -0.05) is 13.0 Å². The Morgan fingerprint density at radius 1 is 1.15 bits per heavy atom. The first-order valence-corrected chi connectivity index (χ1v) is 9.22. The van der Waals surface area contributed by atoms with E-state index in [4.69, 9.17) is 18.9 Å². The van der Waals surface area contributed by atoms with Crippen molar-refractivity contribution in [1.82, 2.24) is 0 Å². The second-order valence-corrected chi connectivity index (χ2v) is 7.12. The highest BCUT2D eigenvalue weighted by atomic mass is 16.6. The van der Waals surface area contributed by atoms with Crippen LogP contribution in [0.2, 0.25) is 0 Å². The number of aromatic hydroxyl groups is 1. The topological polar surface area (TPSA) is 60.5 Å². The average molecular weight is 354 g/mol. The summed E-state index contributed by atoms with van der Waals surface area (Å²) in [4.78, 5) is 0. The molecule has 0 amide bonds. The predicted octanol–water partition coefficient (Wildman–Crippen LogP) is 3.90. The fourth-order valence-corrected chi connectivity index (χ4v) is 4.16. The molecule has 0 aromatic heterocycles. The van der Waals surface area contributed by atoms with E-state index in [0.29, 0.717) is 19.0 Å². The van der Waals surface area contributed by atoms with Gasteiger partial charge in [0.25, 0.3) is 0 Å². The molecule has 5 heteroatoms. The zero-order chi connectivity index (χ0) is 17.8. The van der Waals surface area contributed by atoms with Crippen LogP contribution in [0.4, 0.5) is 0 Å². The largest absolute Gasteiger partial charge is 0.508 e. The molecule has 3 aliphatic heterocycles. The lowest BCUT2D eigenvalue weighted by atomic mass is 9.86. The number of allylic oxidation sites excluding steroid dienone is 4. The van der Waals surface area contributed by atoms with Gasteiger partial charge < -0.3 is 24.1 Å². The van der Waals surface area contributed by atoms with E-state index in [0.717, 1.165) is 46.8 Å². The Labute approximate surface area is 152 Å². The van der Waals surface area contributed by atoms with E-state index in [1.54, 1.807) is 6.07 Å². The van der Waals surface area contributed by atoms with Gasteiger partial charge in [-0.3, -0.25) is 0 Å². The molecule has 3 heterocycles. The molecule has 0 saturated carbocycles. The van der Waals surface area contributed by atoms with Crippen molar-refractivity contribution in [2.24, 2.45) is 5.92 Å². The van der Waals surface area contributed by atoms with E-state index >= 15 is 0 Å². The number of ether oxygens (including phenoxy) is 4. The second kappa shape index (κ2) is 5.81. The van der Waals surface area contributed by atoms with Crippen LogP contribution < -0.4 is 4.74 Å². The van der Waals surface area contributed by atoms with E-state index in [1.165, 1.54) is 0 Å². The van der Waals surface area contributed by atoms with Crippen LogP contribution in [0, 0.1) is 5.92 Å². The SMILES string of the molecule is CCc1cc2c(cc1O)OC(C)=C(C1C=CC3=C(C1)OCCO3)C1OC21. The van der Waals surface area contributed by atoms with Crippen molar-refractivity contribution in [2.45, 2.75) is 38.9 Å². The first-order valence-electron chi connectivity index (χ1n) is 9.22. The Kier molecular flexibility index (Phi) is 3.54. The summed E-state index contributed by atoms with van der Waals surface area (Å²) in [6.45, 7) is 5.21. The summed E-state index contributed by atoms with van der Waals surface area (Å²) < 4.78 is 23.7. The van der Waals surface area contributed by atoms with Gasteiger partial charge in [0.15, 0.2) is 5.76 Å². The standard InChI is InChI=1S/C21H22O5/c1-3-12-8-14-17(10-15(12)22)25-11(2)19(21-20(14)26-21)13-4-5-16-18(9-13)24-7-6-23-16/h4-5,8,10,13,20-22H,3,6-7,9H2,1-2H3. The monoisotopic (exact) mass is 354 g/mol. The maximum Gasteiger partial charge on any atom is 0.156 e. The lowest BCUT2D eigenvalue weighted by molar-refractivity contribution is 0.0602. The zero-order valence-electron chi connectivity index (χ0n) is 15.0. The van der Waals surface area contributed by atoms with Crippen molar-refractivity contribution in [3.8, 4) is 11.5 Å². The van der Waals surface area contributed by atoms with Crippen LogP contribution in [0.15, 0.2) is 47.1 Å². The molecule has 0 spiro atoms. The number of phenols is 1. The molecule has 5 rings (SSSR count). The van der Waals surface area contributed by atoms with Crippen LogP contribution in [-0.2, 0) is 20.6 Å². The van der Waals surface area contributed by atoms with Gasteiger partial charge in [0, 0.05) is 29.5 Å². The first-order chi connectivity index (χ1) is 12.7. The summed E-state index contributed by atoms with van der Waals surface area (Å²) in [6, 6.07) is 3.73. The summed E-state index contributed by atoms with van der Waals surface area (Å²) >= 11 is 0. The number of fused-ring (bicyclic) bond motifs is 3. The molecule has 4 aliphatic rings. The van der Waals surface area contributed by atoms with E-state index in [9.17, 15) is 5.11 Å². The highest BCUT2D eigenvalue weighted by Crippen LogP contribution is 2.54. The summed E-state index contributed by atoms with van der Waals surface area (Å²) in [7, 11) is 0. The van der Waals surface area contributed by atoms with Crippen molar-refractivity contribution in [3.63, 3.8) is 0 Å². The molecular formula is C21H22O5. The minimum Gasteiger partial charge on any atom is -0.508 e. The number of phenolic OH excluding ortho intramolecular Hbond substituents is 1. The smallest absolute Gasteiger partial charge is 0.156 e. The Balaban J connectivity index is 1.48. The van der Waals surface area contributed by atoms with Gasteiger partial charge in [0.05, 0.1) is 0 Å². The first kappa shape index (κ1) is 15.8. The molecule has 3 atom stereocenters. The van der Waals surface area contributed by atoms with Crippen LogP contribution in [0.3, 0.4) is 0 Å². The molecule has 1 aromatic rings. The van der Waals surface area contributed by atoms with Gasteiger partial charge in [-0.2, -0.15) is 0 Å². The zero-order valence-corrected chi connectivity index (χ0v) is 15.0. The molecule has 1 fully saturated rings.